The zero-order valence-electron chi connectivity index (χ0n) is 18.0. The van der Waals surface area contributed by atoms with Gasteiger partial charge in [-0.2, -0.15) is 0 Å². The first-order valence-electron chi connectivity index (χ1n) is 10.1. The van der Waals surface area contributed by atoms with Crippen molar-refractivity contribution < 1.29 is 28.7 Å². The predicted octanol–water partition coefficient (Wildman–Crippen LogP) is 3.95. The Labute approximate surface area is 198 Å². The van der Waals surface area contributed by atoms with E-state index >= 15 is 0 Å². The third-order valence-electron chi connectivity index (χ3n) is 4.39. The molecule has 0 spiro atoms. The molecule has 2 N–H and O–H groups in total. The fourth-order valence-corrected chi connectivity index (χ4v) is 4.61. The Morgan fingerprint density at radius 2 is 1.76 bits per heavy atom. The number of amides is 2. The van der Waals surface area contributed by atoms with E-state index in [1.807, 2.05) is 17.5 Å². The Morgan fingerprint density at radius 3 is 2.42 bits per heavy atom. The molecule has 0 unspecified atom stereocenters. The van der Waals surface area contributed by atoms with E-state index in [0.29, 0.717) is 16.1 Å². The van der Waals surface area contributed by atoms with Crippen LogP contribution >= 0.6 is 22.7 Å². The van der Waals surface area contributed by atoms with Crippen molar-refractivity contribution in [1.29, 1.82) is 0 Å². The lowest BCUT2D eigenvalue weighted by Gasteiger charge is -2.13. The van der Waals surface area contributed by atoms with Crippen molar-refractivity contribution in [2.75, 3.05) is 18.5 Å². The Bertz CT molecular complexity index is 1130. The molecule has 1 atom stereocenters. The molecule has 3 aromatic rings. The maximum absolute atomic E-state index is 12.5. The maximum atomic E-state index is 12.5. The predicted molar refractivity (Wildman–Crippen MR) is 127 cm³/mol. The van der Waals surface area contributed by atoms with Gasteiger partial charge in [0.25, 0.3) is 11.8 Å². The zero-order chi connectivity index (χ0) is 23.8. The number of hydrogen-bond donors (Lipinski definition) is 2. The zero-order valence-corrected chi connectivity index (χ0v) is 19.6. The standard InChI is InChI=1S/C23H22N2O6S2/c1-3-30-23(29)19-16(17-10-7-11-32-17)13-33-21(19)25-18(26)12-31-22(28)14(2)24-20(27)15-8-5-4-6-9-15/h4-11,13-14H,3,12H2,1-2H3,(H,24,27)(H,25,26)/t14-/m0/s1. The van der Waals surface area contributed by atoms with Gasteiger partial charge >= 0.3 is 11.9 Å². The highest BCUT2D eigenvalue weighted by Gasteiger charge is 2.24. The molecule has 33 heavy (non-hydrogen) atoms. The first-order chi connectivity index (χ1) is 15.9. The highest BCUT2D eigenvalue weighted by molar-refractivity contribution is 7.17. The van der Waals surface area contributed by atoms with E-state index < -0.39 is 36.4 Å². The number of benzene rings is 1. The SMILES string of the molecule is CCOC(=O)c1c(-c2cccs2)csc1NC(=O)COC(=O)[C@H](C)NC(=O)c1ccccc1. The van der Waals surface area contributed by atoms with Crippen LogP contribution in [0.3, 0.4) is 0 Å². The molecule has 2 amide bonds. The first kappa shape index (κ1) is 24.1. The number of ether oxygens (including phenoxy) is 2. The number of carbonyl (C=O) groups is 4. The molecule has 2 aromatic heterocycles. The second-order valence-corrected chi connectivity index (χ2v) is 8.60. The van der Waals surface area contributed by atoms with Crippen molar-refractivity contribution in [2.24, 2.45) is 0 Å². The van der Waals surface area contributed by atoms with Gasteiger partial charge in [-0.15, -0.1) is 22.7 Å². The lowest BCUT2D eigenvalue weighted by Crippen LogP contribution is -2.40. The smallest absolute Gasteiger partial charge is 0.341 e. The lowest BCUT2D eigenvalue weighted by atomic mass is 10.1. The van der Waals surface area contributed by atoms with Crippen molar-refractivity contribution in [2.45, 2.75) is 19.9 Å². The van der Waals surface area contributed by atoms with E-state index in [-0.39, 0.29) is 12.2 Å². The van der Waals surface area contributed by atoms with Crippen LogP contribution in [-0.2, 0) is 19.1 Å². The fraction of sp³-hybridized carbons (Fsp3) is 0.217. The summed E-state index contributed by atoms with van der Waals surface area (Å²) >= 11 is 2.64. The van der Waals surface area contributed by atoms with Crippen LogP contribution in [0.15, 0.2) is 53.2 Å². The van der Waals surface area contributed by atoms with Gasteiger partial charge in [-0.3, -0.25) is 9.59 Å². The lowest BCUT2D eigenvalue weighted by molar-refractivity contribution is -0.148. The minimum Gasteiger partial charge on any atom is -0.462 e. The first-order valence-corrected chi connectivity index (χ1v) is 11.8. The average molecular weight is 487 g/mol. The van der Waals surface area contributed by atoms with Crippen LogP contribution < -0.4 is 10.6 Å². The van der Waals surface area contributed by atoms with Crippen molar-refractivity contribution in [3.05, 3.63) is 64.4 Å². The summed E-state index contributed by atoms with van der Waals surface area (Å²) in [5.41, 5.74) is 1.33. The van der Waals surface area contributed by atoms with E-state index in [1.165, 1.54) is 29.6 Å². The van der Waals surface area contributed by atoms with Crippen LogP contribution in [0.2, 0.25) is 0 Å². The van der Waals surface area contributed by atoms with E-state index in [0.717, 1.165) is 4.88 Å². The van der Waals surface area contributed by atoms with E-state index in [4.69, 9.17) is 9.47 Å². The molecule has 172 valence electrons. The summed E-state index contributed by atoms with van der Waals surface area (Å²) < 4.78 is 10.2. The summed E-state index contributed by atoms with van der Waals surface area (Å²) in [6.07, 6.45) is 0. The third-order valence-corrected chi connectivity index (χ3v) is 6.19. The molecule has 0 fully saturated rings. The Kier molecular flexibility index (Phi) is 8.34. The van der Waals surface area contributed by atoms with Gasteiger partial charge < -0.3 is 20.1 Å². The molecule has 10 heteroatoms. The normalized spacial score (nSPS) is 11.3. The van der Waals surface area contributed by atoms with Gasteiger partial charge in [-0.05, 0) is 37.4 Å². The van der Waals surface area contributed by atoms with Crippen molar-refractivity contribution >= 4 is 51.4 Å². The number of anilines is 1. The fourth-order valence-electron chi connectivity index (χ4n) is 2.82. The summed E-state index contributed by atoms with van der Waals surface area (Å²) in [6, 6.07) is 11.2. The van der Waals surface area contributed by atoms with Crippen LogP contribution in [0.5, 0.6) is 0 Å². The molecular weight excluding hydrogens is 464 g/mol. The van der Waals surface area contributed by atoms with Gasteiger partial charge in [0, 0.05) is 21.4 Å². The molecule has 3 rings (SSSR count). The average Bonchev–Trinajstić information content (AvgIpc) is 3.48. The van der Waals surface area contributed by atoms with Crippen molar-refractivity contribution in [3.8, 4) is 10.4 Å². The Hall–Kier alpha value is -3.50. The summed E-state index contributed by atoms with van der Waals surface area (Å²) in [5.74, 6) is -2.35. The second kappa shape index (κ2) is 11.4. The van der Waals surface area contributed by atoms with Crippen LogP contribution in [-0.4, -0.2) is 43.0 Å². The van der Waals surface area contributed by atoms with E-state index in [2.05, 4.69) is 10.6 Å². The van der Waals surface area contributed by atoms with Gasteiger partial charge in [-0.1, -0.05) is 24.3 Å². The molecule has 0 bridgehead atoms. The summed E-state index contributed by atoms with van der Waals surface area (Å²) in [7, 11) is 0. The second-order valence-electron chi connectivity index (χ2n) is 6.77. The molecular formula is C23H22N2O6S2. The molecule has 0 radical (unpaired) electrons. The topological polar surface area (TPSA) is 111 Å². The quantitative estimate of drug-likeness (QED) is 0.443. The molecule has 1 aromatic carbocycles. The summed E-state index contributed by atoms with van der Waals surface area (Å²) in [5, 5.41) is 9.09. The highest BCUT2D eigenvalue weighted by Crippen LogP contribution is 2.38. The largest absolute Gasteiger partial charge is 0.462 e. The summed E-state index contributed by atoms with van der Waals surface area (Å²) in [4.78, 5) is 50.1. The van der Waals surface area contributed by atoms with E-state index in [1.54, 1.807) is 42.6 Å². The van der Waals surface area contributed by atoms with Gasteiger partial charge in [-0.25, -0.2) is 9.59 Å². The molecule has 8 nitrogen and oxygen atoms in total. The third kappa shape index (κ3) is 6.27. The van der Waals surface area contributed by atoms with Crippen LogP contribution in [0.4, 0.5) is 5.00 Å². The Balaban J connectivity index is 1.60. The molecule has 0 saturated carbocycles. The molecule has 0 aliphatic carbocycles. The molecule has 0 aliphatic rings. The number of hydrogen-bond acceptors (Lipinski definition) is 8. The number of rotatable bonds is 9. The maximum Gasteiger partial charge on any atom is 0.341 e. The van der Waals surface area contributed by atoms with E-state index in [9.17, 15) is 19.2 Å². The molecule has 2 heterocycles. The highest BCUT2D eigenvalue weighted by atomic mass is 32.1. The van der Waals surface area contributed by atoms with Gasteiger partial charge in [0.2, 0.25) is 0 Å². The van der Waals surface area contributed by atoms with Gasteiger partial charge in [0.1, 0.15) is 16.6 Å². The van der Waals surface area contributed by atoms with Gasteiger partial charge in [0.05, 0.1) is 6.61 Å². The van der Waals surface area contributed by atoms with Crippen LogP contribution in [0.25, 0.3) is 10.4 Å². The Morgan fingerprint density at radius 1 is 1.00 bits per heavy atom. The number of nitrogens with one attached hydrogen (secondary N) is 2. The molecule has 0 saturated heterocycles. The number of thiophene rings is 2. The number of esters is 2. The minimum atomic E-state index is -0.951. The molecule has 0 aliphatic heterocycles. The van der Waals surface area contributed by atoms with Crippen LogP contribution in [0, 0.1) is 0 Å². The van der Waals surface area contributed by atoms with Gasteiger partial charge in [0.15, 0.2) is 6.61 Å². The van der Waals surface area contributed by atoms with Crippen molar-refractivity contribution in [1.82, 2.24) is 5.32 Å². The minimum absolute atomic E-state index is 0.191. The summed E-state index contributed by atoms with van der Waals surface area (Å²) in [6.45, 7) is 2.78. The monoisotopic (exact) mass is 486 g/mol. The van der Waals surface area contributed by atoms with Crippen LogP contribution in [0.1, 0.15) is 34.6 Å². The van der Waals surface area contributed by atoms with Crippen molar-refractivity contribution in [3.63, 3.8) is 0 Å². The number of carbonyl (C=O) groups excluding carboxylic acids is 4.